The smallest absolute Gasteiger partial charge is 0.240 e. The molecule has 0 radical (unpaired) electrons. The summed E-state index contributed by atoms with van der Waals surface area (Å²) in [7, 11) is 0. The molecule has 0 bridgehead atoms. The van der Waals surface area contributed by atoms with E-state index in [4.69, 9.17) is 0 Å². The fraction of sp³-hybridized carbons (Fsp3) is 0.923. The second-order valence-corrected chi connectivity index (χ2v) is 5.68. The van der Waals surface area contributed by atoms with Crippen LogP contribution < -0.4 is 5.32 Å². The molecule has 3 nitrogen and oxygen atoms in total. The molecule has 0 aromatic carbocycles. The van der Waals surface area contributed by atoms with E-state index in [0.29, 0.717) is 0 Å². The first-order chi connectivity index (χ1) is 7.41. The zero-order chi connectivity index (χ0) is 12.3. The number of carbonyl (C=O) groups is 1. The van der Waals surface area contributed by atoms with Crippen molar-refractivity contribution in [2.75, 3.05) is 6.54 Å². The van der Waals surface area contributed by atoms with Crippen LogP contribution in [0, 0.1) is 5.41 Å². The molecule has 0 saturated carbocycles. The van der Waals surface area contributed by atoms with Gasteiger partial charge in [0, 0.05) is 6.54 Å². The first kappa shape index (κ1) is 13.5. The second-order valence-electron chi connectivity index (χ2n) is 5.68. The second kappa shape index (κ2) is 5.17. The lowest BCUT2D eigenvalue weighted by atomic mass is 9.89. The van der Waals surface area contributed by atoms with Gasteiger partial charge < -0.3 is 4.90 Å². The molecule has 1 fully saturated rings. The molecule has 0 aromatic rings. The van der Waals surface area contributed by atoms with Crippen molar-refractivity contribution in [2.24, 2.45) is 5.41 Å². The van der Waals surface area contributed by atoms with Crippen molar-refractivity contribution in [1.82, 2.24) is 10.2 Å². The summed E-state index contributed by atoms with van der Waals surface area (Å²) in [5.74, 6) is 0.264. The first-order valence-corrected chi connectivity index (χ1v) is 6.48. The third kappa shape index (κ3) is 2.97. The minimum absolute atomic E-state index is 0.00999. The van der Waals surface area contributed by atoms with Gasteiger partial charge in [0.25, 0.3) is 0 Å². The maximum absolute atomic E-state index is 12.0. The Hall–Kier alpha value is -0.570. The summed E-state index contributed by atoms with van der Waals surface area (Å²) < 4.78 is 0. The number of hydrogen-bond donors (Lipinski definition) is 1. The molecule has 1 aliphatic heterocycles. The number of nitrogens with zero attached hydrogens (tertiary/aromatic N) is 1. The number of carbonyl (C=O) groups excluding carboxylic acids is 1. The summed E-state index contributed by atoms with van der Waals surface area (Å²) >= 11 is 0. The first-order valence-electron chi connectivity index (χ1n) is 6.48. The van der Waals surface area contributed by atoms with E-state index in [1.165, 1.54) is 0 Å². The maximum Gasteiger partial charge on any atom is 0.240 e. The van der Waals surface area contributed by atoms with Crippen molar-refractivity contribution >= 4 is 5.91 Å². The van der Waals surface area contributed by atoms with Gasteiger partial charge in [-0.3, -0.25) is 10.1 Å². The molecular weight excluding hydrogens is 200 g/mol. The molecule has 1 N–H and O–H groups in total. The Morgan fingerprint density at radius 1 is 1.38 bits per heavy atom. The number of amides is 1. The van der Waals surface area contributed by atoms with Gasteiger partial charge in [0.1, 0.15) is 0 Å². The summed E-state index contributed by atoms with van der Waals surface area (Å²) in [5.41, 5.74) is 0.216. The van der Waals surface area contributed by atoms with E-state index >= 15 is 0 Å². The lowest BCUT2D eigenvalue weighted by molar-refractivity contribution is -0.131. The normalized spacial score (nSPS) is 26.6. The Kier molecular flexibility index (Phi) is 4.36. The molecule has 1 aliphatic rings. The van der Waals surface area contributed by atoms with Gasteiger partial charge in [-0.1, -0.05) is 34.1 Å². The van der Waals surface area contributed by atoms with E-state index < -0.39 is 0 Å². The van der Waals surface area contributed by atoms with Gasteiger partial charge in [-0.25, -0.2) is 0 Å². The minimum atomic E-state index is -0.00999. The van der Waals surface area contributed by atoms with Crippen molar-refractivity contribution in [3.05, 3.63) is 0 Å². The van der Waals surface area contributed by atoms with Crippen molar-refractivity contribution < 1.29 is 4.79 Å². The SMILES string of the molecule is CCCC1NC(C)C(=O)N1CC(C)(C)CC. The molecule has 16 heavy (non-hydrogen) atoms. The van der Waals surface area contributed by atoms with Crippen LogP contribution in [0.1, 0.15) is 53.9 Å². The predicted molar refractivity (Wildman–Crippen MR) is 67.1 cm³/mol. The summed E-state index contributed by atoms with van der Waals surface area (Å²) in [6.45, 7) is 11.6. The van der Waals surface area contributed by atoms with Gasteiger partial charge in [0.05, 0.1) is 12.2 Å². The highest BCUT2D eigenvalue weighted by Crippen LogP contribution is 2.25. The summed E-state index contributed by atoms with van der Waals surface area (Å²) in [6, 6.07) is -0.00999. The summed E-state index contributed by atoms with van der Waals surface area (Å²) in [6.07, 6.45) is 3.51. The summed E-state index contributed by atoms with van der Waals surface area (Å²) in [5, 5.41) is 3.38. The average molecular weight is 226 g/mol. The van der Waals surface area contributed by atoms with E-state index in [1.807, 2.05) is 11.8 Å². The van der Waals surface area contributed by atoms with Crippen LogP contribution in [0.3, 0.4) is 0 Å². The topological polar surface area (TPSA) is 32.3 Å². The molecule has 2 unspecified atom stereocenters. The van der Waals surface area contributed by atoms with Gasteiger partial charge >= 0.3 is 0 Å². The highest BCUT2D eigenvalue weighted by Gasteiger charge is 2.37. The zero-order valence-electron chi connectivity index (χ0n) is 11.3. The van der Waals surface area contributed by atoms with Crippen molar-refractivity contribution in [1.29, 1.82) is 0 Å². The van der Waals surface area contributed by atoms with E-state index in [2.05, 4.69) is 33.0 Å². The molecule has 0 aromatic heterocycles. The Bertz CT molecular complexity index is 250. The number of hydrogen-bond acceptors (Lipinski definition) is 2. The van der Waals surface area contributed by atoms with Crippen molar-refractivity contribution in [3.63, 3.8) is 0 Å². The molecule has 1 saturated heterocycles. The van der Waals surface area contributed by atoms with Crippen LogP contribution in [0.2, 0.25) is 0 Å². The van der Waals surface area contributed by atoms with Crippen LogP contribution in [-0.2, 0) is 4.79 Å². The molecule has 2 atom stereocenters. The highest BCUT2D eigenvalue weighted by molar-refractivity contribution is 5.83. The lowest BCUT2D eigenvalue weighted by Crippen LogP contribution is -2.42. The van der Waals surface area contributed by atoms with Gasteiger partial charge in [-0.15, -0.1) is 0 Å². The average Bonchev–Trinajstić information content (AvgIpc) is 2.47. The van der Waals surface area contributed by atoms with Crippen LogP contribution >= 0.6 is 0 Å². The fourth-order valence-corrected chi connectivity index (χ4v) is 2.13. The van der Waals surface area contributed by atoms with Gasteiger partial charge in [0.2, 0.25) is 5.91 Å². The third-order valence-electron chi connectivity index (χ3n) is 3.59. The highest BCUT2D eigenvalue weighted by atomic mass is 16.2. The van der Waals surface area contributed by atoms with Crippen LogP contribution in [0.4, 0.5) is 0 Å². The molecule has 94 valence electrons. The molecular formula is C13H26N2O. The predicted octanol–water partition coefficient (Wildman–Crippen LogP) is 2.37. The number of rotatable bonds is 5. The van der Waals surface area contributed by atoms with Crippen molar-refractivity contribution in [3.8, 4) is 0 Å². The molecule has 0 spiro atoms. The van der Waals surface area contributed by atoms with E-state index in [9.17, 15) is 4.79 Å². The quantitative estimate of drug-likeness (QED) is 0.780. The van der Waals surface area contributed by atoms with Crippen molar-refractivity contribution in [2.45, 2.75) is 66.1 Å². The number of nitrogens with one attached hydrogen (secondary N) is 1. The van der Waals surface area contributed by atoms with Gasteiger partial charge in [-0.05, 0) is 25.2 Å². The van der Waals surface area contributed by atoms with E-state index in [0.717, 1.165) is 25.8 Å². The Labute approximate surface area is 99.6 Å². The van der Waals surface area contributed by atoms with E-state index in [1.54, 1.807) is 0 Å². The third-order valence-corrected chi connectivity index (χ3v) is 3.59. The molecule has 3 heteroatoms. The molecule has 0 aliphatic carbocycles. The van der Waals surface area contributed by atoms with E-state index in [-0.39, 0.29) is 23.5 Å². The Morgan fingerprint density at radius 3 is 2.50 bits per heavy atom. The molecule has 1 heterocycles. The molecule has 1 rings (SSSR count). The Morgan fingerprint density at radius 2 is 2.00 bits per heavy atom. The minimum Gasteiger partial charge on any atom is -0.325 e. The van der Waals surface area contributed by atoms with Crippen LogP contribution in [0.25, 0.3) is 0 Å². The van der Waals surface area contributed by atoms with Gasteiger partial charge in [0.15, 0.2) is 0 Å². The monoisotopic (exact) mass is 226 g/mol. The standard InChI is InChI=1S/C13H26N2O/c1-6-8-11-14-10(3)12(16)15(11)9-13(4,5)7-2/h10-11,14H,6-9H2,1-5H3. The molecule has 1 amide bonds. The summed E-state index contributed by atoms with van der Waals surface area (Å²) in [4.78, 5) is 14.1. The largest absolute Gasteiger partial charge is 0.325 e. The zero-order valence-corrected chi connectivity index (χ0v) is 11.3. The fourth-order valence-electron chi connectivity index (χ4n) is 2.13. The van der Waals surface area contributed by atoms with Crippen LogP contribution in [0.15, 0.2) is 0 Å². The Balaban J connectivity index is 2.70. The lowest BCUT2D eigenvalue weighted by Gasteiger charge is -2.32. The van der Waals surface area contributed by atoms with Gasteiger partial charge in [-0.2, -0.15) is 0 Å². The van der Waals surface area contributed by atoms with Crippen LogP contribution in [-0.4, -0.2) is 29.6 Å². The maximum atomic E-state index is 12.0. The van der Waals surface area contributed by atoms with Crippen LogP contribution in [0.5, 0.6) is 0 Å².